The molecule has 2 fully saturated rings. The van der Waals surface area contributed by atoms with Crippen LogP contribution in [0.3, 0.4) is 0 Å². The summed E-state index contributed by atoms with van der Waals surface area (Å²) in [6.07, 6.45) is 5.63. The van der Waals surface area contributed by atoms with Gasteiger partial charge in [0.25, 0.3) is 0 Å². The number of nitrogen functional groups attached to an aromatic ring is 1. The number of para-hydroxylation sites is 1. The Kier molecular flexibility index (Phi) is 4.58. The van der Waals surface area contributed by atoms with Gasteiger partial charge < -0.3 is 20.3 Å². The van der Waals surface area contributed by atoms with Crippen molar-refractivity contribution in [3.8, 4) is 16.9 Å². The van der Waals surface area contributed by atoms with Crippen molar-refractivity contribution in [2.45, 2.75) is 31.8 Å². The Hall–Kier alpha value is -3.13. The van der Waals surface area contributed by atoms with Gasteiger partial charge in [-0.05, 0) is 18.9 Å². The van der Waals surface area contributed by atoms with E-state index < -0.39 is 0 Å². The van der Waals surface area contributed by atoms with E-state index in [1.807, 2.05) is 17.0 Å². The maximum absolute atomic E-state index is 11.6. The summed E-state index contributed by atoms with van der Waals surface area (Å²) in [6.45, 7) is 5.12. The predicted octanol–water partition coefficient (Wildman–Crippen LogP) is 2.25. The molecule has 30 heavy (non-hydrogen) atoms. The second-order valence-electron chi connectivity index (χ2n) is 8.25. The van der Waals surface area contributed by atoms with Gasteiger partial charge in [0.2, 0.25) is 5.91 Å². The van der Waals surface area contributed by atoms with Gasteiger partial charge in [0.15, 0.2) is 0 Å². The van der Waals surface area contributed by atoms with E-state index in [9.17, 15) is 9.90 Å². The van der Waals surface area contributed by atoms with E-state index in [2.05, 4.69) is 25.6 Å². The van der Waals surface area contributed by atoms with Crippen LogP contribution in [0.5, 0.6) is 5.75 Å². The molecule has 8 heteroatoms. The highest BCUT2D eigenvalue weighted by molar-refractivity contribution is 6.01. The third-order valence-corrected chi connectivity index (χ3v) is 6.59. The number of carbonyl (C=O) groups excluding carboxylic acids is 1. The van der Waals surface area contributed by atoms with Gasteiger partial charge in [-0.3, -0.25) is 9.69 Å². The van der Waals surface area contributed by atoms with Crippen molar-refractivity contribution >= 4 is 22.8 Å². The van der Waals surface area contributed by atoms with E-state index in [-0.39, 0.29) is 11.7 Å². The maximum atomic E-state index is 11.6. The van der Waals surface area contributed by atoms with Crippen molar-refractivity contribution in [1.82, 2.24) is 24.3 Å². The molecule has 1 aliphatic heterocycles. The van der Waals surface area contributed by atoms with Crippen molar-refractivity contribution in [3.63, 3.8) is 0 Å². The van der Waals surface area contributed by atoms with Gasteiger partial charge in [-0.25, -0.2) is 9.97 Å². The van der Waals surface area contributed by atoms with Crippen LogP contribution in [-0.4, -0.2) is 67.6 Å². The van der Waals surface area contributed by atoms with E-state index >= 15 is 0 Å². The molecule has 1 aromatic carbocycles. The van der Waals surface area contributed by atoms with E-state index in [0.29, 0.717) is 17.9 Å². The summed E-state index contributed by atoms with van der Waals surface area (Å²) in [5.74, 6) is 0.803. The molecule has 3 heterocycles. The van der Waals surface area contributed by atoms with Crippen LogP contribution in [0, 0.1) is 0 Å². The number of carbonyl (C=O) groups is 1. The van der Waals surface area contributed by atoms with Crippen LogP contribution in [0.2, 0.25) is 0 Å². The number of amides is 1. The SMILES string of the molecule is CC(=O)N1CCN(C2CC(n3cc(-c4ccccc4O)c4c(N)ncnc43)C2)CC1. The van der Waals surface area contributed by atoms with Crippen LogP contribution in [0.4, 0.5) is 5.82 Å². The molecule has 0 atom stereocenters. The van der Waals surface area contributed by atoms with Crippen molar-refractivity contribution < 1.29 is 9.90 Å². The molecule has 0 radical (unpaired) electrons. The number of hydrogen-bond acceptors (Lipinski definition) is 6. The molecule has 1 saturated heterocycles. The first-order valence-electron chi connectivity index (χ1n) is 10.4. The number of fused-ring (bicyclic) bond motifs is 1. The van der Waals surface area contributed by atoms with Crippen LogP contribution in [0.1, 0.15) is 25.8 Å². The van der Waals surface area contributed by atoms with E-state index in [4.69, 9.17) is 5.73 Å². The van der Waals surface area contributed by atoms with Crippen LogP contribution >= 0.6 is 0 Å². The fourth-order valence-electron chi connectivity index (χ4n) is 4.78. The van der Waals surface area contributed by atoms with E-state index in [1.165, 1.54) is 6.33 Å². The molecule has 3 aromatic rings. The van der Waals surface area contributed by atoms with Crippen LogP contribution < -0.4 is 5.73 Å². The second-order valence-corrected chi connectivity index (χ2v) is 8.25. The first-order chi connectivity index (χ1) is 14.5. The highest BCUT2D eigenvalue weighted by Crippen LogP contribution is 2.43. The molecule has 1 amide bonds. The number of nitrogens with two attached hydrogens (primary N) is 1. The summed E-state index contributed by atoms with van der Waals surface area (Å²) < 4.78 is 2.19. The summed E-state index contributed by atoms with van der Waals surface area (Å²) >= 11 is 0. The monoisotopic (exact) mass is 406 g/mol. The molecule has 0 unspecified atom stereocenters. The Labute approximate surface area is 174 Å². The number of benzene rings is 1. The van der Waals surface area contributed by atoms with Crippen LogP contribution in [0.25, 0.3) is 22.2 Å². The second kappa shape index (κ2) is 7.28. The average Bonchev–Trinajstić information content (AvgIpc) is 3.08. The smallest absolute Gasteiger partial charge is 0.219 e. The van der Waals surface area contributed by atoms with Gasteiger partial charge in [0.1, 0.15) is 23.5 Å². The zero-order valence-corrected chi connectivity index (χ0v) is 17.0. The first-order valence-corrected chi connectivity index (χ1v) is 10.4. The number of hydrogen-bond donors (Lipinski definition) is 2. The summed E-state index contributed by atoms with van der Waals surface area (Å²) in [5, 5.41) is 11.2. The maximum Gasteiger partial charge on any atom is 0.219 e. The first kappa shape index (κ1) is 18.9. The molecule has 2 aromatic heterocycles. The summed E-state index contributed by atoms with van der Waals surface area (Å²) in [5.41, 5.74) is 8.62. The Morgan fingerprint density at radius 1 is 1.07 bits per heavy atom. The molecule has 1 saturated carbocycles. The normalized spacial score (nSPS) is 22.2. The minimum Gasteiger partial charge on any atom is -0.507 e. The fourth-order valence-corrected chi connectivity index (χ4v) is 4.78. The van der Waals surface area contributed by atoms with E-state index in [0.717, 1.165) is 61.2 Å². The topological polar surface area (TPSA) is 101 Å². The largest absolute Gasteiger partial charge is 0.507 e. The summed E-state index contributed by atoms with van der Waals surface area (Å²) in [4.78, 5) is 24.7. The molecular weight excluding hydrogens is 380 g/mol. The molecule has 1 aliphatic carbocycles. The number of phenolic OH excluding ortho intramolecular Hbond substituents is 1. The lowest BCUT2D eigenvalue weighted by molar-refractivity contribution is -0.131. The summed E-state index contributed by atoms with van der Waals surface area (Å²) in [7, 11) is 0. The van der Waals surface area contributed by atoms with Gasteiger partial charge >= 0.3 is 0 Å². The molecule has 156 valence electrons. The lowest BCUT2D eigenvalue weighted by atomic mass is 9.85. The van der Waals surface area contributed by atoms with Gasteiger partial charge in [0, 0.05) is 62.5 Å². The van der Waals surface area contributed by atoms with Gasteiger partial charge in [0.05, 0.1) is 5.39 Å². The fraction of sp³-hybridized carbons (Fsp3) is 0.409. The Bertz CT molecular complexity index is 1100. The zero-order chi connectivity index (χ0) is 20.8. The standard InChI is InChI=1S/C22H26N6O2/c1-14(29)26-6-8-27(9-7-26)15-10-16(11-15)28-12-18(17-4-2-3-5-19(17)30)20-21(23)24-13-25-22(20)28/h2-5,12-13,15-16,30H,6-11H2,1H3,(H2,23,24,25). The van der Waals surface area contributed by atoms with Gasteiger partial charge in [-0.2, -0.15) is 0 Å². The zero-order valence-electron chi connectivity index (χ0n) is 17.0. The van der Waals surface area contributed by atoms with Crippen molar-refractivity contribution in [2.75, 3.05) is 31.9 Å². The number of aromatic hydroxyl groups is 1. The number of phenols is 1. The Balaban J connectivity index is 1.40. The number of aromatic nitrogens is 3. The van der Waals surface area contributed by atoms with Crippen LogP contribution in [-0.2, 0) is 4.79 Å². The Morgan fingerprint density at radius 3 is 2.50 bits per heavy atom. The third-order valence-electron chi connectivity index (χ3n) is 6.59. The lowest BCUT2D eigenvalue weighted by Crippen LogP contribution is -2.54. The van der Waals surface area contributed by atoms with Crippen molar-refractivity contribution in [1.29, 1.82) is 0 Å². The molecule has 0 bridgehead atoms. The van der Waals surface area contributed by atoms with Crippen molar-refractivity contribution in [2.24, 2.45) is 0 Å². The van der Waals surface area contributed by atoms with Crippen LogP contribution in [0.15, 0.2) is 36.8 Å². The molecule has 3 N–H and O–H groups in total. The quantitative estimate of drug-likeness (QED) is 0.692. The minimum absolute atomic E-state index is 0.161. The molecular formula is C22H26N6O2. The number of anilines is 1. The number of piperazine rings is 1. The Morgan fingerprint density at radius 2 is 1.80 bits per heavy atom. The van der Waals surface area contributed by atoms with E-state index in [1.54, 1.807) is 19.1 Å². The predicted molar refractivity (Wildman–Crippen MR) is 115 cm³/mol. The van der Waals surface area contributed by atoms with Gasteiger partial charge in [-0.15, -0.1) is 0 Å². The number of rotatable bonds is 3. The van der Waals surface area contributed by atoms with Crippen molar-refractivity contribution in [3.05, 3.63) is 36.8 Å². The molecule has 5 rings (SSSR count). The van der Waals surface area contributed by atoms with Gasteiger partial charge in [-0.1, -0.05) is 18.2 Å². The molecule has 8 nitrogen and oxygen atoms in total. The molecule has 2 aliphatic rings. The number of nitrogens with zero attached hydrogens (tertiary/aromatic N) is 5. The molecule has 0 spiro atoms. The average molecular weight is 406 g/mol. The summed E-state index contributed by atoms with van der Waals surface area (Å²) in [6, 6.07) is 8.13. The third kappa shape index (κ3) is 3.08. The highest BCUT2D eigenvalue weighted by atomic mass is 16.3. The lowest BCUT2D eigenvalue weighted by Gasteiger charge is -2.46. The highest BCUT2D eigenvalue weighted by Gasteiger charge is 2.37. The minimum atomic E-state index is 0.161.